The van der Waals surface area contributed by atoms with Gasteiger partial charge in [-0.05, 0) is 43.7 Å². The Morgan fingerprint density at radius 1 is 1.23 bits per heavy atom. The monoisotopic (exact) mass is 369 g/mol. The first kappa shape index (κ1) is 18.5. The van der Waals surface area contributed by atoms with E-state index in [2.05, 4.69) is 5.32 Å². The Labute approximate surface area is 157 Å². The standard InChI is InChI=1S/C20H23N3O2S/c1-14-19(24)22-17-12-16(8-9-18(17)26-14)20(25)23(11-5-10-21)13-15-6-3-2-4-7-15/h2-4,6-9,12,14H,5,10-11,13,21H2,1H3,(H,22,24). The molecular formula is C20H23N3O2S. The number of nitrogens with zero attached hydrogens (tertiary/aromatic N) is 1. The summed E-state index contributed by atoms with van der Waals surface area (Å²) >= 11 is 1.51. The van der Waals surface area contributed by atoms with Crippen LogP contribution in [-0.2, 0) is 11.3 Å². The van der Waals surface area contributed by atoms with E-state index < -0.39 is 0 Å². The molecule has 26 heavy (non-hydrogen) atoms. The summed E-state index contributed by atoms with van der Waals surface area (Å²) in [5.41, 5.74) is 8.00. The number of thioether (sulfide) groups is 1. The molecule has 6 heteroatoms. The Hall–Kier alpha value is -2.31. The van der Waals surface area contributed by atoms with Gasteiger partial charge in [0.05, 0.1) is 10.9 Å². The summed E-state index contributed by atoms with van der Waals surface area (Å²) < 4.78 is 0. The highest BCUT2D eigenvalue weighted by Gasteiger charge is 2.24. The molecule has 0 radical (unpaired) electrons. The van der Waals surface area contributed by atoms with E-state index in [9.17, 15) is 9.59 Å². The molecule has 1 unspecified atom stereocenters. The van der Waals surface area contributed by atoms with Gasteiger partial charge >= 0.3 is 0 Å². The predicted molar refractivity (Wildman–Crippen MR) is 105 cm³/mol. The number of fused-ring (bicyclic) bond motifs is 1. The predicted octanol–water partition coefficient (Wildman–Crippen LogP) is 3.11. The normalized spacial score (nSPS) is 15.9. The van der Waals surface area contributed by atoms with E-state index >= 15 is 0 Å². The van der Waals surface area contributed by atoms with Gasteiger partial charge in [-0.2, -0.15) is 0 Å². The molecule has 136 valence electrons. The van der Waals surface area contributed by atoms with Crippen LogP contribution >= 0.6 is 11.8 Å². The molecule has 1 aliphatic rings. The average molecular weight is 369 g/mol. The van der Waals surface area contributed by atoms with Gasteiger partial charge in [-0.25, -0.2) is 0 Å². The topological polar surface area (TPSA) is 75.4 Å². The van der Waals surface area contributed by atoms with E-state index in [1.165, 1.54) is 11.8 Å². The first-order valence-corrected chi connectivity index (χ1v) is 9.61. The number of hydrogen-bond acceptors (Lipinski definition) is 4. The van der Waals surface area contributed by atoms with Gasteiger partial charge in [-0.1, -0.05) is 30.3 Å². The van der Waals surface area contributed by atoms with Crippen molar-refractivity contribution in [3.05, 3.63) is 59.7 Å². The van der Waals surface area contributed by atoms with Gasteiger partial charge < -0.3 is 16.0 Å². The average Bonchev–Trinajstić information content (AvgIpc) is 2.66. The maximum Gasteiger partial charge on any atom is 0.254 e. The maximum absolute atomic E-state index is 13.1. The zero-order valence-corrected chi connectivity index (χ0v) is 15.6. The number of anilines is 1. The number of nitrogens with two attached hydrogens (primary N) is 1. The van der Waals surface area contributed by atoms with Crippen molar-refractivity contribution in [1.82, 2.24) is 4.90 Å². The molecule has 0 saturated heterocycles. The van der Waals surface area contributed by atoms with Crippen LogP contribution in [-0.4, -0.2) is 35.1 Å². The van der Waals surface area contributed by atoms with Crippen molar-refractivity contribution in [2.24, 2.45) is 5.73 Å². The summed E-state index contributed by atoms with van der Waals surface area (Å²) in [7, 11) is 0. The third-order valence-electron chi connectivity index (χ3n) is 4.29. The molecule has 1 atom stereocenters. The van der Waals surface area contributed by atoms with Crippen LogP contribution in [0.25, 0.3) is 0 Å². The van der Waals surface area contributed by atoms with Crippen molar-refractivity contribution < 1.29 is 9.59 Å². The van der Waals surface area contributed by atoms with Crippen LogP contribution in [0.1, 0.15) is 29.3 Å². The third kappa shape index (κ3) is 4.26. The van der Waals surface area contributed by atoms with Gasteiger partial charge in [0.15, 0.2) is 0 Å². The highest BCUT2D eigenvalue weighted by atomic mass is 32.2. The van der Waals surface area contributed by atoms with Crippen LogP contribution in [0.15, 0.2) is 53.4 Å². The second-order valence-corrected chi connectivity index (χ2v) is 7.70. The first-order valence-electron chi connectivity index (χ1n) is 8.73. The highest BCUT2D eigenvalue weighted by Crippen LogP contribution is 2.36. The lowest BCUT2D eigenvalue weighted by Crippen LogP contribution is -2.33. The molecule has 1 aliphatic heterocycles. The first-order chi connectivity index (χ1) is 12.6. The van der Waals surface area contributed by atoms with Crippen LogP contribution in [0.3, 0.4) is 0 Å². The molecule has 0 aliphatic carbocycles. The molecule has 1 heterocycles. The lowest BCUT2D eigenvalue weighted by atomic mass is 10.1. The Morgan fingerprint density at radius 3 is 2.73 bits per heavy atom. The third-order valence-corrected chi connectivity index (χ3v) is 5.47. The summed E-state index contributed by atoms with van der Waals surface area (Å²) in [6.45, 7) is 3.54. The molecular weight excluding hydrogens is 346 g/mol. The van der Waals surface area contributed by atoms with E-state index in [1.54, 1.807) is 6.07 Å². The van der Waals surface area contributed by atoms with Crippen LogP contribution in [0.5, 0.6) is 0 Å². The van der Waals surface area contributed by atoms with Crippen LogP contribution in [0, 0.1) is 0 Å². The minimum absolute atomic E-state index is 0.0311. The van der Waals surface area contributed by atoms with Gasteiger partial charge in [-0.15, -0.1) is 11.8 Å². The smallest absolute Gasteiger partial charge is 0.254 e. The second-order valence-electron chi connectivity index (χ2n) is 6.31. The molecule has 5 nitrogen and oxygen atoms in total. The van der Waals surface area contributed by atoms with Crippen molar-refractivity contribution in [2.45, 2.75) is 30.0 Å². The minimum Gasteiger partial charge on any atom is -0.334 e. The molecule has 2 amide bonds. The van der Waals surface area contributed by atoms with Crippen LogP contribution in [0.4, 0.5) is 5.69 Å². The Balaban J connectivity index is 1.82. The number of carbonyl (C=O) groups excluding carboxylic acids is 2. The van der Waals surface area contributed by atoms with Gasteiger partial charge in [0.2, 0.25) is 5.91 Å². The molecule has 0 spiro atoms. The van der Waals surface area contributed by atoms with Crippen molar-refractivity contribution in [3.8, 4) is 0 Å². The number of amides is 2. The second kappa shape index (κ2) is 8.38. The number of rotatable bonds is 6. The highest BCUT2D eigenvalue weighted by molar-refractivity contribution is 8.00. The fourth-order valence-corrected chi connectivity index (χ4v) is 3.79. The lowest BCUT2D eigenvalue weighted by molar-refractivity contribution is -0.115. The molecule has 0 fully saturated rings. The van der Waals surface area contributed by atoms with E-state index in [0.29, 0.717) is 30.9 Å². The maximum atomic E-state index is 13.1. The Morgan fingerprint density at radius 2 is 2.00 bits per heavy atom. The van der Waals surface area contributed by atoms with Gasteiger partial charge in [0.1, 0.15) is 0 Å². The Bertz CT molecular complexity index is 795. The zero-order valence-electron chi connectivity index (χ0n) is 14.8. The number of nitrogens with one attached hydrogen (secondary N) is 1. The zero-order chi connectivity index (χ0) is 18.5. The fourth-order valence-electron chi connectivity index (χ4n) is 2.86. The summed E-state index contributed by atoms with van der Waals surface area (Å²) in [5, 5.41) is 2.76. The molecule has 3 rings (SSSR count). The lowest BCUT2D eigenvalue weighted by Gasteiger charge is -2.25. The Kier molecular flexibility index (Phi) is 5.96. The molecule has 3 N–H and O–H groups in total. The summed E-state index contributed by atoms with van der Waals surface area (Å²) in [4.78, 5) is 27.8. The quantitative estimate of drug-likeness (QED) is 0.820. The van der Waals surface area contributed by atoms with Crippen molar-refractivity contribution in [2.75, 3.05) is 18.4 Å². The van der Waals surface area contributed by atoms with Gasteiger partial charge in [-0.3, -0.25) is 9.59 Å². The summed E-state index contributed by atoms with van der Waals surface area (Å²) in [6, 6.07) is 15.4. The van der Waals surface area contributed by atoms with E-state index in [4.69, 9.17) is 5.73 Å². The molecule has 0 bridgehead atoms. The minimum atomic E-state index is -0.122. The van der Waals surface area contributed by atoms with Crippen molar-refractivity contribution in [3.63, 3.8) is 0 Å². The van der Waals surface area contributed by atoms with E-state index in [0.717, 1.165) is 16.9 Å². The van der Waals surface area contributed by atoms with Crippen molar-refractivity contribution in [1.29, 1.82) is 0 Å². The molecule has 0 aromatic heterocycles. The van der Waals surface area contributed by atoms with E-state index in [1.807, 2.05) is 54.3 Å². The number of hydrogen-bond donors (Lipinski definition) is 2. The molecule has 0 saturated carbocycles. The molecule has 2 aromatic rings. The van der Waals surface area contributed by atoms with Crippen molar-refractivity contribution >= 4 is 29.3 Å². The SMILES string of the molecule is CC1Sc2ccc(C(=O)N(CCCN)Cc3ccccc3)cc2NC1=O. The van der Waals surface area contributed by atoms with Crippen LogP contribution in [0.2, 0.25) is 0 Å². The number of carbonyl (C=O) groups is 2. The fraction of sp³-hybridized carbons (Fsp3) is 0.300. The summed E-state index contributed by atoms with van der Waals surface area (Å²) in [6.07, 6.45) is 0.744. The summed E-state index contributed by atoms with van der Waals surface area (Å²) in [5.74, 6) is -0.0839. The molecule has 2 aromatic carbocycles. The van der Waals surface area contributed by atoms with E-state index in [-0.39, 0.29) is 17.1 Å². The van der Waals surface area contributed by atoms with Gasteiger partial charge in [0, 0.05) is 23.5 Å². The van der Waals surface area contributed by atoms with Gasteiger partial charge in [0.25, 0.3) is 5.91 Å². The largest absolute Gasteiger partial charge is 0.334 e. The van der Waals surface area contributed by atoms with Crippen LogP contribution < -0.4 is 11.1 Å². The number of benzene rings is 2.